The number of likely N-dealkylation sites (tertiary alicyclic amines) is 1. The lowest BCUT2D eigenvalue weighted by atomic mass is 10.1. The number of anilines is 2. The van der Waals surface area contributed by atoms with Gasteiger partial charge in [0.1, 0.15) is 11.6 Å². The lowest BCUT2D eigenvalue weighted by Crippen LogP contribution is -2.52. The van der Waals surface area contributed by atoms with Gasteiger partial charge >= 0.3 is 0 Å². The fourth-order valence-electron chi connectivity index (χ4n) is 3.86. The standard InChI is InChI=1S/C22H23ClFN3O3/c23-15-8-9-16(24)17(12-15)25-21(28)14-27-13-20(22(29)26-10-4-1-5-11-26)30-19-7-3-2-6-18(19)27/h2-3,6-9,12,20H,1,4-5,10-11,13-14H2,(H,25,28)/t20-/m0/s1. The first-order valence-corrected chi connectivity index (χ1v) is 10.4. The maximum atomic E-state index is 14.0. The van der Waals surface area contributed by atoms with E-state index in [-0.39, 0.29) is 24.7 Å². The van der Waals surface area contributed by atoms with Crippen LogP contribution in [0.4, 0.5) is 15.8 Å². The number of para-hydroxylation sites is 2. The summed E-state index contributed by atoms with van der Waals surface area (Å²) in [5.41, 5.74) is 0.747. The third-order valence-electron chi connectivity index (χ3n) is 5.34. The molecule has 2 aromatic rings. The predicted octanol–water partition coefficient (Wildman–Crippen LogP) is 3.70. The summed E-state index contributed by atoms with van der Waals surface area (Å²) in [6.45, 7) is 1.66. The van der Waals surface area contributed by atoms with Gasteiger partial charge < -0.3 is 19.9 Å². The molecule has 4 rings (SSSR count). The van der Waals surface area contributed by atoms with Crippen molar-refractivity contribution in [2.75, 3.05) is 36.4 Å². The van der Waals surface area contributed by atoms with Crippen LogP contribution in [0.3, 0.4) is 0 Å². The molecule has 30 heavy (non-hydrogen) atoms. The smallest absolute Gasteiger partial charge is 0.265 e. The van der Waals surface area contributed by atoms with Gasteiger partial charge in [0.2, 0.25) is 5.91 Å². The van der Waals surface area contributed by atoms with Crippen LogP contribution in [0.5, 0.6) is 5.75 Å². The normalized spacial score (nSPS) is 18.4. The predicted molar refractivity (Wildman–Crippen MR) is 114 cm³/mol. The Bertz CT molecular complexity index is 949. The molecule has 0 spiro atoms. The molecule has 2 aliphatic rings. The maximum absolute atomic E-state index is 14.0. The molecule has 2 aliphatic heterocycles. The van der Waals surface area contributed by atoms with Crippen LogP contribution in [0, 0.1) is 5.82 Å². The van der Waals surface area contributed by atoms with Crippen LogP contribution >= 0.6 is 11.6 Å². The zero-order valence-electron chi connectivity index (χ0n) is 16.4. The zero-order chi connectivity index (χ0) is 21.1. The van der Waals surface area contributed by atoms with Gasteiger partial charge in [0.05, 0.1) is 24.5 Å². The summed E-state index contributed by atoms with van der Waals surface area (Å²) >= 11 is 5.90. The molecule has 6 nitrogen and oxygen atoms in total. The average molecular weight is 432 g/mol. The molecule has 8 heteroatoms. The van der Waals surface area contributed by atoms with Gasteiger partial charge in [-0.25, -0.2) is 4.39 Å². The van der Waals surface area contributed by atoms with Crippen molar-refractivity contribution in [3.63, 3.8) is 0 Å². The second kappa shape index (κ2) is 8.92. The number of halogens is 2. The minimum absolute atomic E-state index is 0.0231. The number of nitrogens with zero attached hydrogens (tertiary/aromatic N) is 2. The number of nitrogens with one attached hydrogen (secondary N) is 1. The Morgan fingerprint density at radius 2 is 1.90 bits per heavy atom. The Hall–Kier alpha value is -2.80. The Labute approximate surface area is 179 Å². The maximum Gasteiger partial charge on any atom is 0.265 e. The number of fused-ring (bicyclic) bond motifs is 1. The third kappa shape index (κ3) is 4.51. The van der Waals surface area contributed by atoms with Crippen LogP contribution in [0.1, 0.15) is 19.3 Å². The second-order valence-corrected chi connectivity index (χ2v) is 7.95. The van der Waals surface area contributed by atoms with Crippen LogP contribution in [-0.4, -0.2) is 49.0 Å². The molecule has 1 fully saturated rings. The summed E-state index contributed by atoms with van der Waals surface area (Å²) in [6.07, 6.45) is 2.43. The van der Waals surface area contributed by atoms with Crippen molar-refractivity contribution in [2.45, 2.75) is 25.4 Å². The fraction of sp³-hybridized carbons (Fsp3) is 0.364. The van der Waals surface area contributed by atoms with Crippen molar-refractivity contribution in [2.24, 2.45) is 0 Å². The number of piperidine rings is 1. The second-order valence-electron chi connectivity index (χ2n) is 7.51. The lowest BCUT2D eigenvalue weighted by Gasteiger charge is -2.38. The number of amides is 2. The van der Waals surface area contributed by atoms with Gasteiger partial charge in [-0.15, -0.1) is 0 Å². The molecule has 1 N–H and O–H groups in total. The highest BCUT2D eigenvalue weighted by molar-refractivity contribution is 6.30. The molecule has 0 bridgehead atoms. The van der Waals surface area contributed by atoms with E-state index in [0.29, 0.717) is 10.8 Å². The molecule has 158 valence electrons. The monoisotopic (exact) mass is 431 g/mol. The molecule has 1 atom stereocenters. The highest BCUT2D eigenvalue weighted by Crippen LogP contribution is 2.33. The van der Waals surface area contributed by atoms with Crippen molar-refractivity contribution < 1.29 is 18.7 Å². The van der Waals surface area contributed by atoms with Crippen molar-refractivity contribution in [1.82, 2.24) is 4.90 Å². The molecular weight excluding hydrogens is 409 g/mol. The van der Waals surface area contributed by atoms with E-state index in [2.05, 4.69) is 5.32 Å². The number of hydrogen-bond acceptors (Lipinski definition) is 4. The van der Waals surface area contributed by atoms with Crippen LogP contribution in [0.25, 0.3) is 0 Å². The first-order chi connectivity index (χ1) is 14.5. The average Bonchev–Trinajstić information content (AvgIpc) is 2.76. The molecule has 0 saturated carbocycles. The number of ether oxygens (including phenoxy) is 1. The van der Waals surface area contributed by atoms with Crippen LogP contribution < -0.4 is 15.0 Å². The van der Waals surface area contributed by atoms with E-state index in [1.165, 1.54) is 18.2 Å². The molecule has 2 aromatic carbocycles. The third-order valence-corrected chi connectivity index (χ3v) is 5.58. The summed E-state index contributed by atoms with van der Waals surface area (Å²) in [5, 5.41) is 2.89. The van der Waals surface area contributed by atoms with Crippen molar-refractivity contribution in [3.05, 3.63) is 53.3 Å². The summed E-state index contributed by atoms with van der Waals surface area (Å²) in [5.74, 6) is -0.471. The van der Waals surface area contributed by atoms with E-state index in [9.17, 15) is 14.0 Å². The molecule has 0 aliphatic carbocycles. The number of hydrogen-bond donors (Lipinski definition) is 1. The minimum Gasteiger partial charge on any atom is -0.477 e. The summed E-state index contributed by atoms with van der Waals surface area (Å²) in [4.78, 5) is 29.2. The van der Waals surface area contributed by atoms with Gasteiger partial charge in [-0.05, 0) is 49.6 Å². The number of benzene rings is 2. The van der Waals surface area contributed by atoms with Crippen LogP contribution in [0.15, 0.2) is 42.5 Å². The quantitative estimate of drug-likeness (QED) is 0.801. The van der Waals surface area contributed by atoms with Gasteiger partial charge in [0.15, 0.2) is 6.10 Å². The first-order valence-electron chi connectivity index (χ1n) is 10.1. The Kier molecular flexibility index (Phi) is 6.08. The van der Waals surface area contributed by atoms with E-state index in [1.807, 2.05) is 23.1 Å². The van der Waals surface area contributed by atoms with Gasteiger partial charge in [0, 0.05) is 18.1 Å². The number of carbonyl (C=O) groups is 2. The van der Waals surface area contributed by atoms with E-state index in [0.717, 1.165) is 38.0 Å². The molecule has 2 amide bonds. The molecule has 0 radical (unpaired) electrons. The Morgan fingerprint density at radius 3 is 2.70 bits per heavy atom. The highest BCUT2D eigenvalue weighted by atomic mass is 35.5. The summed E-state index contributed by atoms with van der Waals surface area (Å²) < 4.78 is 19.9. The van der Waals surface area contributed by atoms with Crippen LogP contribution in [-0.2, 0) is 9.59 Å². The van der Waals surface area contributed by atoms with E-state index in [1.54, 1.807) is 11.0 Å². The Morgan fingerprint density at radius 1 is 1.13 bits per heavy atom. The molecular formula is C22H23ClFN3O3. The van der Waals surface area contributed by atoms with E-state index in [4.69, 9.17) is 16.3 Å². The molecule has 0 unspecified atom stereocenters. The largest absolute Gasteiger partial charge is 0.477 e. The topological polar surface area (TPSA) is 61.9 Å². The SMILES string of the molecule is O=C(CN1C[C@@H](C(=O)N2CCCCC2)Oc2ccccc21)Nc1cc(Cl)ccc1F. The van der Waals surface area contributed by atoms with Gasteiger partial charge in [-0.3, -0.25) is 9.59 Å². The Balaban J connectivity index is 1.50. The highest BCUT2D eigenvalue weighted by Gasteiger charge is 2.34. The van der Waals surface area contributed by atoms with Crippen molar-refractivity contribution in [3.8, 4) is 5.75 Å². The van der Waals surface area contributed by atoms with Gasteiger partial charge in [-0.1, -0.05) is 23.7 Å². The summed E-state index contributed by atoms with van der Waals surface area (Å²) in [7, 11) is 0. The molecule has 0 aromatic heterocycles. The van der Waals surface area contributed by atoms with Crippen LogP contribution in [0.2, 0.25) is 5.02 Å². The van der Waals surface area contributed by atoms with Crippen molar-refractivity contribution >= 4 is 34.8 Å². The van der Waals surface area contributed by atoms with Crippen molar-refractivity contribution in [1.29, 1.82) is 0 Å². The molecule has 2 heterocycles. The number of carbonyl (C=O) groups excluding carboxylic acids is 2. The lowest BCUT2D eigenvalue weighted by molar-refractivity contribution is -0.139. The fourth-order valence-corrected chi connectivity index (χ4v) is 4.03. The zero-order valence-corrected chi connectivity index (χ0v) is 17.2. The summed E-state index contributed by atoms with van der Waals surface area (Å²) in [6, 6.07) is 11.3. The van der Waals surface area contributed by atoms with Gasteiger partial charge in [0.25, 0.3) is 5.91 Å². The van der Waals surface area contributed by atoms with E-state index < -0.39 is 17.8 Å². The molecule has 1 saturated heterocycles. The van der Waals surface area contributed by atoms with E-state index >= 15 is 0 Å². The van der Waals surface area contributed by atoms with Gasteiger partial charge in [-0.2, -0.15) is 0 Å². The first kappa shape index (κ1) is 20.5. The minimum atomic E-state index is -0.686. The number of rotatable bonds is 4.